The third kappa shape index (κ3) is 6.60. The van der Waals surface area contributed by atoms with Crippen molar-refractivity contribution in [3.05, 3.63) is 106 Å². The number of carbonyl (C=O) groups is 1. The molecule has 0 aliphatic carbocycles. The number of aryl methyl sites for hydroxylation is 1. The summed E-state index contributed by atoms with van der Waals surface area (Å²) in [5.41, 5.74) is 14.8. The molecule has 1 atom stereocenters. The smallest absolute Gasteiger partial charge is 0.268 e. The van der Waals surface area contributed by atoms with Crippen molar-refractivity contribution in [3.8, 4) is 0 Å². The van der Waals surface area contributed by atoms with Crippen molar-refractivity contribution in [3.63, 3.8) is 0 Å². The van der Waals surface area contributed by atoms with E-state index >= 15 is 0 Å². The highest BCUT2D eigenvalue weighted by atomic mass is 19.1. The summed E-state index contributed by atoms with van der Waals surface area (Å²) in [5, 5.41) is 2.88. The Hall–Kier alpha value is -3.40. The molecular weight excluding hydrogens is 437 g/mol. The molecular formula is C30H36FN3O. The van der Waals surface area contributed by atoms with Gasteiger partial charge in [0.15, 0.2) is 0 Å². The third-order valence-corrected chi connectivity index (χ3v) is 6.38. The van der Waals surface area contributed by atoms with Crippen LogP contribution in [0.5, 0.6) is 0 Å². The van der Waals surface area contributed by atoms with Crippen LogP contribution in [0.2, 0.25) is 0 Å². The van der Waals surface area contributed by atoms with Gasteiger partial charge in [0.25, 0.3) is 5.91 Å². The van der Waals surface area contributed by atoms with E-state index in [1.165, 1.54) is 6.07 Å². The van der Waals surface area contributed by atoms with E-state index in [4.69, 9.17) is 5.73 Å². The lowest BCUT2D eigenvalue weighted by Gasteiger charge is -2.27. The maximum atomic E-state index is 14.0. The second-order valence-electron chi connectivity index (χ2n) is 9.05. The Balaban J connectivity index is 2.08. The summed E-state index contributed by atoms with van der Waals surface area (Å²) in [4.78, 5) is 14.8. The number of nitrogens with two attached hydrogens (primary N) is 1. The average Bonchev–Trinajstić information content (AvgIpc) is 3.08. The van der Waals surface area contributed by atoms with Crippen LogP contribution in [0.1, 0.15) is 51.2 Å². The Kier molecular flexibility index (Phi) is 9.25. The topological polar surface area (TPSA) is 58.4 Å². The minimum atomic E-state index is -0.211. The monoisotopic (exact) mass is 473 g/mol. The fourth-order valence-electron chi connectivity index (χ4n) is 3.94. The summed E-state index contributed by atoms with van der Waals surface area (Å²) in [5.74, 6) is 0.207. The van der Waals surface area contributed by atoms with Crippen LogP contribution in [0.3, 0.4) is 0 Å². The van der Waals surface area contributed by atoms with E-state index in [9.17, 15) is 9.18 Å². The molecule has 5 heteroatoms. The number of rotatable bonds is 9. The van der Waals surface area contributed by atoms with Crippen LogP contribution in [-0.4, -0.2) is 23.9 Å². The van der Waals surface area contributed by atoms with Crippen LogP contribution in [0.15, 0.2) is 89.1 Å². The number of fused-ring (bicyclic) bond motifs is 1. The van der Waals surface area contributed by atoms with Gasteiger partial charge in [-0.05, 0) is 84.7 Å². The van der Waals surface area contributed by atoms with Crippen molar-refractivity contribution < 1.29 is 9.18 Å². The number of benzene rings is 1. The van der Waals surface area contributed by atoms with Crippen molar-refractivity contribution in [1.82, 2.24) is 10.2 Å². The molecule has 1 amide bonds. The lowest BCUT2D eigenvalue weighted by atomic mass is 9.92. The molecule has 2 aliphatic heterocycles. The van der Waals surface area contributed by atoms with Gasteiger partial charge in [-0.25, -0.2) is 4.39 Å². The van der Waals surface area contributed by atoms with Crippen LogP contribution in [-0.2, 0) is 4.79 Å². The van der Waals surface area contributed by atoms with Gasteiger partial charge in [-0.3, -0.25) is 4.79 Å². The Morgan fingerprint density at radius 2 is 2.14 bits per heavy atom. The number of hydrogen-bond donors (Lipinski definition) is 2. The van der Waals surface area contributed by atoms with E-state index in [1.807, 2.05) is 41.5 Å². The zero-order chi connectivity index (χ0) is 25.4. The van der Waals surface area contributed by atoms with Gasteiger partial charge in [0.05, 0.1) is 5.70 Å². The largest absolute Gasteiger partial charge is 0.349 e. The molecule has 0 radical (unpaired) electrons. The highest BCUT2D eigenvalue weighted by Gasteiger charge is 2.23. The van der Waals surface area contributed by atoms with E-state index in [0.717, 1.165) is 40.8 Å². The first-order valence-electron chi connectivity index (χ1n) is 12.3. The molecule has 3 rings (SSSR count). The molecule has 3 N–H and O–H groups in total. The third-order valence-electron chi connectivity index (χ3n) is 6.38. The van der Waals surface area contributed by atoms with Gasteiger partial charge in [-0.2, -0.15) is 0 Å². The van der Waals surface area contributed by atoms with E-state index in [2.05, 4.69) is 50.0 Å². The number of allylic oxidation sites excluding steroid dienone is 8. The summed E-state index contributed by atoms with van der Waals surface area (Å²) in [7, 11) is 0. The number of halogens is 1. The molecule has 2 aliphatic rings. The predicted molar refractivity (Wildman–Crippen MR) is 142 cm³/mol. The first-order chi connectivity index (χ1) is 16.8. The van der Waals surface area contributed by atoms with Crippen LogP contribution < -0.4 is 11.1 Å². The average molecular weight is 474 g/mol. The molecule has 0 aromatic heterocycles. The fraction of sp³-hybridized carbons (Fsp3) is 0.333. The molecule has 0 spiro atoms. The second-order valence-corrected chi connectivity index (χ2v) is 9.05. The summed E-state index contributed by atoms with van der Waals surface area (Å²) in [6.07, 6.45) is 16.9. The van der Waals surface area contributed by atoms with Gasteiger partial charge in [-0.1, -0.05) is 56.4 Å². The molecule has 0 bridgehead atoms. The number of nitrogens with one attached hydrogen (secondary N) is 1. The molecule has 0 saturated heterocycles. The van der Waals surface area contributed by atoms with Crippen LogP contribution >= 0.6 is 0 Å². The second kappa shape index (κ2) is 12.3. The van der Waals surface area contributed by atoms with Gasteiger partial charge in [-0.15, -0.1) is 0 Å². The normalized spacial score (nSPS) is 16.7. The molecule has 2 heterocycles. The highest BCUT2D eigenvalue weighted by Crippen LogP contribution is 2.32. The quantitative estimate of drug-likeness (QED) is 0.339. The van der Waals surface area contributed by atoms with Gasteiger partial charge >= 0.3 is 0 Å². The minimum absolute atomic E-state index is 0.167. The zero-order valence-electron chi connectivity index (χ0n) is 21.2. The maximum absolute atomic E-state index is 14.0. The lowest BCUT2D eigenvalue weighted by Crippen LogP contribution is -2.35. The van der Waals surface area contributed by atoms with Crippen LogP contribution in [0.25, 0.3) is 5.57 Å². The Morgan fingerprint density at radius 3 is 2.86 bits per heavy atom. The van der Waals surface area contributed by atoms with Crippen molar-refractivity contribution in [2.75, 3.05) is 13.1 Å². The van der Waals surface area contributed by atoms with Crippen molar-refractivity contribution in [2.45, 2.75) is 47.0 Å². The van der Waals surface area contributed by atoms with Gasteiger partial charge < -0.3 is 16.0 Å². The lowest BCUT2D eigenvalue weighted by molar-refractivity contribution is -0.118. The molecule has 0 saturated carbocycles. The van der Waals surface area contributed by atoms with E-state index in [0.29, 0.717) is 36.7 Å². The van der Waals surface area contributed by atoms with Crippen LogP contribution in [0, 0.1) is 18.7 Å². The highest BCUT2D eigenvalue weighted by molar-refractivity contribution is 5.93. The summed E-state index contributed by atoms with van der Waals surface area (Å²) in [6.45, 7) is 9.06. The van der Waals surface area contributed by atoms with Crippen molar-refractivity contribution in [2.24, 2.45) is 11.7 Å². The minimum Gasteiger partial charge on any atom is -0.349 e. The van der Waals surface area contributed by atoms with E-state index < -0.39 is 0 Å². The summed E-state index contributed by atoms with van der Waals surface area (Å²) >= 11 is 0. The van der Waals surface area contributed by atoms with E-state index in [-0.39, 0.29) is 11.7 Å². The molecule has 1 aromatic rings. The van der Waals surface area contributed by atoms with Gasteiger partial charge in [0.2, 0.25) is 0 Å². The van der Waals surface area contributed by atoms with Gasteiger partial charge in [0, 0.05) is 19.3 Å². The standard InChI is InChI=1S/C30H36FN3O/c1-5-21(2)9-8-11-27(23(4)24-14-16-28(31)22(3)19-24)25-13-15-26-10-6-7-12-29(34(26)20-25)30(35)33-18-17-32/h6,8,11-16,19-21H,5,7,9,17-18,32H2,1-4H3,(H,33,35)/b11-8-,27-23-. The molecule has 1 unspecified atom stereocenters. The molecule has 1 aromatic carbocycles. The molecule has 35 heavy (non-hydrogen) atoms. The number of hydrogen-bond acceptors (Lipinski definition) is 3. The SMILES string of the molecule is CCC(C)C/C=C\C(C1=CN2C(=C=CCC=C2C(=O)NCCN)C=C1)=C(/C)c1ccc(F)c(C)c1. The number of amides is 1. The Labute approximate surface area is 208 Å². The first kappa shape index (κ1) is 26.2. The zero-order valence-corrected chi connectivity index (χ0v) is 21.2. The maximum Gasteiger partial charge on any atom is 0.268 e. The van der Waals surface area contributed by atoms with Crippen molar-refractivity contribution in [1.29, 1.82) is 0 Å². The summed E-state index contributed by atoms with van der Waals surface area (Å²) < 4.78 is 14.0. The number of nitrogens with zero attached hydrogens (tertiary/aromatic N) is 1. The predicted octanol–water partition coefficient (Wildman–Crippen LogP) is 6.06. The fourth-order valence-corrected chi connectivity index (χ4v) is 3.94. The Bertz CT molecular complexity index is 1180. The summed E-state index contributed by atoms with van der Waals surface area (Å²) in [6, 6.07) is 5.22. The van der Waals surface area contributed by atoms with E-state index in [1.54, 1.807) is 6.92 Å². The van der Waals surface area contributed by atoms with Crippen LogP contribution in [0.4, 0.5) is 4.39 Å². The Morgan fingerprint density at radius 1 is 1.34 bits per heavy atom. The van der Waals surface area contributed by atoms with Crippen molar-refractivity contribution >= 4 is 11.5 Å². The molecule has 4 nitrogen and oxygen atoms in total. The molecule has 0 fully saturated rings. The van der Waals surface area contributed by atoms with Gasteiger partial charge in [0.1, 0.15) is 11.5 Å². The number of carbonyl (C=O) groups excluding carboxylic acids is 1. The first-order valence-corrected chi connectivity index (χ1v) is 12.3. The molecule has 184 valence electrons.